The van der Waals surface area contributed by atoms with Gasteiger partial charge < -0.3 is 15.2 Å². The fraction of sp³-hybridized carbons (Fsp3) is 0.545. The molecule has 2 N–H and O–H groups in total. The highest BCUT2D eigenvalue weighted by molar-refractivity contribution is 7.99. The average molecular weight is 484 g/mol. The van der Waals surface area contributed by atoms with E-state index in [1.54, 1.807) is 4.57 Å². The fourth-order valence-corrected chi connectivity index (χ4v) is 4.74. The molecule has 180 valence electrons. The van der Waals surface area contributed by atoms with Crippen molar-refractivity contribution in [3.05, 3.63) is 35.7 Å². The molecule has 0 radical (unpaired) electrons. The first-order chi connectivity index (χ1) is 15.7. The fourth-order valence-electron chi connectivity index (χ4n) is 3.91. The Morgan fingerprint density at radius 2 is 1.94 bits per heavy atom. The first kappa shape index (κ1) is 25.1. The topological polar surface area (TPSA) is 88.9 Å². The van der Waals surface area contributed by atoms with E-state index in [0.29, 0.717) is 23.4 Å². The van der Waals surface area contributed by atoms with Crippen LogP contribution in [0.3, 0.4) is 0 Å². The van der Waals surface area contributed by atoms with Gasteiger partial charge in [-0.1, -0.05) is 37.6 Å². The summed E-state index contributed by atoms with van der Waals surface area (Å²) in [7, 11) is 0. The van der Waals surface area contributed by atoms with Gasteiger partial charge in [0.25, 0.3) is 0 Å². The predicted octanol–water partition coefficient (Wildman–Crippen LogP) is 4.29. The quantitative estimate of drug-likeness (QED) is 0.547. The average Bonchev–Trinajstić information content (AvgIpc) is 3.14. The van der Waals surface area contributed by atoms with E-state index in [9.17, 15) is 22.8 Å². The highest BCUT2D eigenvalue weighted by atomic mass is 32.2. The Morgan fingerprint density at radius 3 is 2.64 bits per heavy atom. The summed E-state index contributed by atoms with van der Waals surface area (Å²) in [6, 6.07) is 4.66. The summed E-state index contributed by atoms with van der Waals surface area (Å²) in [5.41, 5.74) is -0.780. The lowest BCUT2D eigenvalue weighted by Crippen LogP contribution is -2.41. The van der Waals surface area contributed by atoms with Crippen LogP contribution in [0, 0.1) is 5.92 Å². The number of carbonyl (C=O) groups is 2. The summed E-state index contributed by atoms with van der Waals surface area (Å²) in [5, 5.41) is 14.2. The van der Waals surface area contributed by atoms with Gasteiger partial charge in [-0.05, 0) is 43.9 Å². The molecular weight excluding hydrogens is 455 g/mol. The predicted molar refractivity (Wildman–Crippen MR) is 120 cm³/mol. The normalized spacial score (nSPS) is 18.7. The van der Waals surface area contributed by atoms with Gasteiger partial charge in [-0.2, -0.15) is 13.2 Å². The maximum absolute atomic E-state index is 12.9. The molecule has 1 aromatic heterocycles. The minimum Gasteiger partial charge on any atom is -0.352 e. The minimum absolute atomic E-state index is 0.0561. The molecular formula is C22H28F3N5O2S. The maximum Gasteiger partial charge on any atom is 0.416 e. The Labute approximate surface area is 194 Å². The Morgan fingerprint density at radius 1 is 1.18 bits per heavy atom. The number of aromatic nitrogens is 3. The number of nitrogens with zero attached hydrogens (tertiary/aromatic N) is 3. The van der Waals surface area contributed by atoms with Gasteiger partial charge in [0.1, 0.15) is 5.82 Å². The molecule has 0 spiro atoms. The van der Waals surface area contributed by atoms with E-state index in [0.717, 1.165) is 31.4 Å². The molecule has 0 bridgehead atoms. The lowest BCUT2D eigenvalue weighted by atomic mass is 9.86. The van der Waals surface area contributed by atoms with Crippen molar-refractivity contribution in [3.63, 3.8) is 0 Å². The zero-order valence-corrected chi connectivity index (χ0v) is 19.4. The van der Waals surface area contributed by atoms with Crippen LogP contribution in [0.2, 0.25) is 0 Å². The van der Waals surface area contributed by atoms with Crippen molar-refractivity contribution in [2.45, 2.75) is 69.9 Å². The largest absolute Gasteiger partial charge is 0.416 e. The Bertz CT molecular complexity index is 979. The summed E-state index contributed by atoms with van der Waals surface area (Å²) in [4.78, 5) is 24.8. The number of hydrogen-bond acceptors (Lipinski definition) is 5. The third kappa shape index (κ3) is 6.96. The number of alkyl halides is 3. The number of anilines is 1. The van der Waals surface area contributed by atoms with Crippen molar-refractivity contribution in [1.82, 2.24) is 20.1 Å². The van der Waals surface area contributed by atoms with Gasteiger partial charge in [0.15, 0.2) is 5.16 Å². The van der Waals surface area contributed by atoms with Crippen LogP contribution in [0.25, 0.3) is 0 Å². The number of hydrogen-bond donors (Lipinski definition) is 2. The highest BCUT2D eigenvalue weighted by Crippen LogP contribution is 2.30. The number of nitrogens with one attached hydrogen (secondary N) is 2. The molecule has 33 heavy (non-hydrogen) atoms. The first-order valence-electron chi connectivity index (χ1n) is 11.0. The number of benzene rings is 1. The van der Waals surface area contributed by atoms with Gasteiger partial charge in [0, 0.05) is 18.3 Å². The molecule has 3 rings (SSSR count). The van der Waals surface area contributed by atoms with E-state index < -0.39 is 17.6 Å². The lowest BCUT2D eigenvalue weighted by molar-refractivity contribution is -0.137. The Balaban J connectivity index is 1.56. The molecule has 2 unspecified atom stereocenters. The van der Waals surface area contributed by atoms with E-state index in [1.807, 2.05) is 6.92 Å². The number of carbonyl (C=O) groups excluding carboxylic acids is 2. The Kier molecular flexibility index (Phi) is 8.39. The zero-order valence-electron chi connectivity index (χ0n) is 18.6. The first-order valence-corrected chi connectivity index (χ1v) is 12.0. The van der Waals surface area contributed by atoms with Gasteiger partial charge in [0.2, 0.25) is 11.8 Å². The number of amides is 2. The molecule has 1 fully saturated rings. The van der Waals surface area contributed by atoms with Gasteiger partial charge in [-0.25, -0.2) is 0 Å². The minimum atomic E-state index is -4.49. The van der Waals surface area contributed by atoms with Crippen molar-refractivity contribution in [1.29, 1.82) is 0 Å². The molecule has 0 aliphatic heterocycles. The second-order valence-electron chi connectivity index (χ2n) is 8.17. The van der Waals surface area contributed by atoms with Gasteiger partial charge in [0.05, 0.1) is 17.7 Å². The molecule has 1 saturated carbocycles. The molecule has 1 aliphatic carbocycles. The zero-order chi connectivity index (χ0) is 24.0. The van der Waals surface area contributed by atoms with Crippen molar-refractivity contribution in [2.75, 3.05) is 11.1 Å². The highest BCUT2D eigenvalue weighted by Gasteiger charge is 2.30. The van der Waals surface area contributed by atoms with Crippen LogP contribution in [0.5, 0.6) is 0 Å². The van der Waals surface area contributed by atoms with E-state index in [4.69, 9.17) is 0 Å². The molecule has 11 heteroatoms. The van der Waals surface area contributed by atoms with Gasteiger partial charge >= 0.3 is 6.18 Å². The van der Waals surface area contributed by atoms with Crippen molar-refractivity contribution >= 4 is 29.3 Å². The molecule has 0 saturated heterocycles. The van der Waals surface area contributed by atoms with E-state index in [-0.39, 0.29) is 29.8 Å². The third-order valence-electron chi connectivity index (χ3n) is 5.69. The van der Waals surface area contributed by atoms with Crippen LogP contribution in [0.15, 0.2) is 29.4 Å². The van der Waals surface area contributed by atoms with Crippen molar-refractivity contribution < 1.29 is 22.8 Å². The smallest absolute Gasteiger partial charge is 0.352 e. The van der Waals surface area contributed by atoms with Crippen LogP contribution < -0.4 is 10.6 Å². The van der Waals surface area contributed by atoms with Crippen LogP contribution in [-0.2, 0) is 28.7 Å². The third-order valence-corrected chi connectivity index (χ3v) is 6.66. The Hall–Kier alpha value is -2.56. The summed E-state index contributed by atoms with van der Waals surface area (Å²) >= 11 is 1.25. The summed E-state index contributed by atoms with van der Waals surface area (Å²) in [6.45, 7) is 4.51. The van der Waals surface area contributed by atoms with E-state index in [2.05, 4.69) is 27.8 Å². The second kappa shape index (κ2) is 11.0. The molecule has 1 aliphatic rings. The summed E-state index contributed by atoms with van der Waals surface area (Å²) in [5.74, 6) is 0.475. The number of thioether (sulfide) groups is 1. The monoisotopic (exact) mass is 483 g/mol. The molecule has 7 nitrogen and oxygen atoms in total. The summed E-state index contributed by atoms with van der Waals surface area (Å²) < 4.78 is 40.3. The molecule has 2 aromatic rings. The van der Waals surface area contributed by atoms with Crippen molar-refractivity contribution in [2.24, 2.45) is 5.92 Å². The van der Waals surface area contributed by atoms with Crippen LogP contribution in [0.4, 0.5) is 18.9 Å². The second-order valence-corrected chi connectivity index (χ2v) is 9.11. The molecule has 2 atom stereocenters. The summed E-state index contributed by atoms with van der Waals surface area (Å²) in [6.07, 6.45) is -0.202. The number of rotatable bonds is 8. The van der Waals surface area contributed by atoms with Crippen LogP contribution in [0.1, 0.15) is 50.9 Å². The maximum atomic E-state index is 12.9. The van der Waals surface area contributed by atoms with E-state index in [1.165, 1.54) is 30.3 Å². The van der Waals surface area contributed by atoms with Gasteiger partial charge in [-0.3, -0.25) is 9.59 Å². The van der Waals surface area contributed by atoms with Crippen LogP contribution in [-0.4, -0.2) is 38.4 Å². The van der Waals surface area contributed by atoms with Gasteiger partial charge in [-0.15, -0.1) is 10.2 Å². The molecule has 1 heterocycles. The van der Waals surface area contributed by atoms with Crippen molar-refractivity contribution in [3.8, 4) is 0 Å². The molecule has 2 amide bonds. The molecule has 1 aromatic carbocycles. The number of halogens is 3. The van der Waals surface area contributed by atoms with E-state index >= 15 is 0 Å². The lowest BCUT2D eigenvalue weighted by Gasteiger charge is -2.29. The SMILES string of the molecule is CCn1c(CC(=O)Nc2cccc(C(F)(F)F)c2)nnc1SCC(=O)NC1CCCCC1C. The van der Waals surface area contributed by atoms with Crippen LogP contribution >= 0.6 is 11.8 Å². The standard InChI is InChI=1S/C22H28F3N5O2S/c1-3-30-18(12-19(31)26-16-9-6-8-15(11-16)22(23,24)25)28-29-21(30)33-13-20(32)27-17-10-5-4-7-14(17)2/h6,8-9,11,14,17H,3-5,7,10,12-13H2,1-2H3,(H,26,31)(H,27,32).